The normalized spacial score (nSPS) is 19.6. The summed E-state index contributed by atoms with van der Waals surface area (Å²) in [6, 6.07) is 6.94. The summed E-state index contributed by atoms with van der Waals surface area (Å²) in [6.45, 7) is 7.49. The van der Waals surface area contributed by atoms with Gasteiger partial charge in [-0.25, -0.2) is 4.98 Å². The zero-order valence-corrected chi connectivity index (χ0v) is 18.4. The molecule has 32 heavy (non-hydrogen) atoms. The van der Waals surface area contributed by atoms with Crippen LogP contribution < -0.4 is 9.80 Å². The van der Waals surface area contributed by atoms with Gasteiger partial charge in [-0.05, 0) is 24.8 Å². The van der Waals surface area contributed by atoms with Gasteiger partial charge in [0.25, 0.3) is 5.69 Å². The summed E-state index contributed by atoms with van der Waals surface area (Å²) in [7, 11) is 0. The van der Waals surface area contributed by atoms with Crippen molar-refractivity contribution in [3.8, 4) is 0 Å². The van der Waals surface area contributed by atoms with Crippen molar-refractivity contribution in [1.82, 2.24) is 14.9 Å². The molecule has 0 bridgehead atoms. The van der Waals surface area contributed by atoms with Gasteiger partial charge in [0.1, 0.15) is 5.82 Å². The Morgan fingerprint density at radius 2 is 1.81 bits per heavy atom. The molecule has 0 radical (unpaired) electrons. The fraction of sp³-hybridized carbons (Fsp3) is 0.565. The van der Waals surface area contributed by atoms with Crippen molar-refractivity contribution in [3.63, 3.8) is 0 Å². The third-order valence-electron chi connectivity index (χ3n) is 6.58. The molecule has 0 amide bonds. The van der Waals surface area contributed by atoms with Gasteiger partial charge >= 0.3 is 0 Å². The number of morpholine rings is 1. The number of nitro groups is 1. The molecule has 3 aliphatic heterocycles. The molecule has 0 saturated carbocycles. The van der Waals surface area contributed by atoms with Crippen molar-refractivity contribution in [2.75, 3.05) is 55.7 Å². The maximum absolute atomic E-state index is 11.1. The molecule has 3 aliphatic rings. The van der Waals surface area contributed by atoms with Gasteiger partial charge in [0, 0.05) is 69.9 Å². The van der Waals surface area contributed by atoms with E-state index in [4.69, 9.17) is 14.7 Å². The monoisotopic (exact) mass is 438 g/mol. The summed E-state index contributed by atoms with van der Waals surface area (Å²) in [4.78, 5) is 27.9. The van der Waals surface area contributed by atoms with E-state index in [0.29, 0.717) is 6.54 Å². The topological polar surface area (TPSA) is 87.9 Å². The van der Waals surface area contributed by atoms with Crippen LogP contribution in [0.4, 0.5) is 17.5 Å². The summed E-state index contributed by atoms with van der Waals surface area (Å²) in [5.41, 5.74) is 3.45. The number of rotatable bonds is 5. The molecule has 9 nitrogen and oxygen atoms in total. The maximum Gasteiger partial charge on any atom is 0.269 e. The molecule has 1 aromatic heterocycles. The van der Waals surface area contributed by atoms with Gasteiger partial charge < -0.3 is 14.5 Å². The smallest absolute Gasteiger partial charge is 0.269 e. The second-order valence-corrected chi connectivity index (χ2v) is 8.81. The number of piperidine rings is 1. The lowest BCUT2D eigenvalue weighted by Crippen LogP contribution is -2.40. The molecule has 2 saturated heterocycles. The Bertz CT molecular complexity index is 972. The molecule has 9 heteroatoms. The van der Waals surface area contributed by atoms with Gasteiger partial charge in [-0.15, -0.1) is 0 Å². The summed E-state index contributed by atoms with van der Waals surface area (Å²) in [5, 5.41) is 11.1. The van der Waals surface area contributed by atoms with Crippen LogP contribution in [0.3, 0.4) is 0 Å². The van der Waals surface area contributed by atoms with Crippen molar-refractivity contribution in [3.05, 3.63) is 51.2 Å². The third kappa shape index (κ3) is 4.54. The third-order valence-corrected chi connectivity index (χ3v) is 6.58. The Labute approximate surface area is 188 Å². The first-order chi connectivity index (χ1) is 15.7. The quantitative estimate of drug-likeness (QED) is 0.520. The van der Waals surface area contributed by atoms with Crippen molar-refractivity contribution in [2.24, 2.45) is 0 Å². The molecule has 4 heterocycles. The Hall–Kier alpha value is -2.78. The van der Waals surface area contributed by atoms with Crippen LogP contribution in [0.25, 0.3) is 0 Å². The van der Waals surface area contributed by atoms with E-state index in [9.17, 15) is 10.1 Å². The minimum Gasteiger partial charge on any atom is -0.378 e. The Morgan fingerprint density at radius 1 is 1.00 bits per heavy atom. The van der Waals surface area contributed by atoms with Crippen LogP contribution in [0.1, 0.15) is 36.1 Å². The van der Waals surface area contributed by atoms with E-state index in [-0.39, 0.29) is 10.6 Å². The van der Waals surface area contributed by atoms with Crippen molar-refractivity contribution < 1.29 is 9.66 Å². The number of hydrogen-bond donors (Lipinski definition) is 0. The summed E-state index contributed by atoms with van der Waals surface area (Å²) >= 11 is 0. The van der Waals surface area contributed by atoms with Crippen molar-refractivity contribution >= 4 is 17.5 Å². The molecule has 2 aromatic rings. The molecule has 2 fully saturated rings. The highest BCUT2D eigenvalue weighted by atomic mass is 16.6. The molecule has 0 spiro atoms. The molecule has 0 atom stereocenters. The maximum atomic E-state index is 11.1. The second-order valence-electron chi connectivity index (χ2n) is 8.81. The molecule has 170 valence electrons. The lowest BCUT2D eigenvalue weighted by Gasteiger charge is -2.36. The highest BCUT2D eigenvalue weighted by Crippen LogP contribution is 2.31. The highest BCUT2D eigenvalue weighted by Gasteiger charge is 2.28. The molecule has 0 N–H and O–H groups in total. The average molecular weight is 439 g/mol. The largest absolute Gasteiger partial charge is 0.378 e. The zero-order valence-electron chi connectivity index (χ0n) is 18.4. The van der Waals surface area contributed by atoms with E-state index in [0.717, 1.165) is 81.9 Å². The molecule has 0 unspecified atom stereocenters. The van der Waals surface area contributed by atoms with E-state index >= 15 is 0 Å². The predicted octanol–water partition coefficient (Wildman–Crippen LogP) is 2.77. The molecule has 1 aromatic carbocycles. The number of hydrogen-bond acceptors (Lipinski definition) is 8. The summed E-state index contributed by atoms with van der Waals surface area (Å²) < 4.78 is 5.58. The minimum atomic E-state index is -0.332. The van der Waals surface area contributed by atoms with Crippen LogP contribution >= 0.6 is 0 Å². The summed E-state index contributed by atoms with van der Waals surface area (Å²) in [5.74, 6) is 1.92. The average Bonchev–Trinajstić information content (AvgIpc) is 2.84. The van der Waals surface area contributed by atoms with Crippen molar-refractivity contribution in [2.45, 2.75) is 38.8 Å². The van der Waals surface area contributed by atoms with Gasteiger partial charge in [-0.3, -0.25) is 15.0 Å². The number of fused-ring (bicyclic) bond motifs is 1. The standard InChI is InChI=1S/C23H30N6O3/c30-29(31)19-6-4-5-18(15-19)16-26-10-7-21-20(17-26)22(27-11-13-32-14-12-27)25-23(24-21)28-8-2-1-3-9-28/h4-6,15H,1-3,7-14,16-17H2. The van der Waals surface area contributed by atoms with Gasteiger partial charge in [0.2, 0.25) is 5.95 Å². The van der Waals surface area contributed by atoms with Gasteiger partial charge in [0.05, 0.1) is 23.8 Å². The van der Waals surface area contributed by atoms with E-state index in [2.05, 4.69) is 14.7 Å². The fourth-order valence-corrected chi connectivity index (χ4v) is 4.87. The zero-order chi connectivity index (χ0) is 21.9. The number of nitro benzene ring substituents is 1. The Morgan fingerprint density at radius 3 is 2.59 bits per heavy atom. The minimum absolute atomic E-state index is 0.142. The van der Waals surface area contributed by atoms with E-state index in [1.165, 1.54) is 24.8 Å². The molecule has 5 rings (SSSR count). The number of anilines is 2. The SMILES string of the molecule is O=[N+]([O-])c1cccc(CN2CCc3nc(N4CCCCC4)nc(N4CCOCC4)c3C2)c1. The number of non-ortho nitro benzene ring substituents is 1. The first-order valence-corrected chi connectivity index (χ1v) is 11.6. The van der Waals surface area contributed by atoms with Crippen LogP contribution in [0.2, 0.25) is 0 Å². The first kappa shape index (κ1) is 21.1. The second kappa shape index (κ2) is 9.38. The van der Waals surface area contributed by atoms with Crippen LogP contribution in [-0.2, 0) is 24.2 Å². The number of ether oxygens (including phenoxy) is 1. The summed E-state index contributed by atoms with van der Waals surface area (Å²) in [6.07, 6.45) is 4.55. The lowest BCUT2D eigenvalue weighted by molar-refractivity contribution is -0.384. The Kier molecular flexibility index (Phi) is 6.18. The number of benzene rings is 1. The predicted molar refractivity (Wildman–Crippen MR) is 122 cm³/mol. The van der Waals surface area contributed by atoms with Gasteiger partial charge in [0.15, 0.2) is 0 Å². The van der Waals surface area contributed by atoms with Crippen LogP contribution in [-0.4, -0.2) is 65.7 Å². The van der Waals surface area contributed by atoms with E-state index < -0.39 is 0 Å². The molecular weight excluding hydrogens is 408 g/mol. The number of nitrogens with zero attached hydrogens (tertiary/aromatic N) is 6. The van der Waals surface area contributed by atoms with Crippen LogP contribution in [0.5, 0.6) is 0 Å². The van der Waals surface area contributed by atoms with E-state index in [1.807, 2.05) is 6.07 Å². The van der Waals surface area contributed by atoms with Crippen molar-refractivity contribution in [1.29, 1.82) is 0 Å². The van der Waals surface area contributed by atoms with Gasteiger partial charge in [-0.2, -0.15) is 4.98 Å². The van der Waals surface area contributed by atoms with Crippen LogP contribution in [0, 0.1) is 10.1 Å². The molecule has 0 aliphatic carbocycles. The van der Waals surface area contributed by atoms with E-state index in [1.54, 1.807) is 18.2 Å². The van der Waals surface area contributed by atoms with Gasteiger partial charge in [-0.1, -0.05) is 12.1 Å². The number of aromatic nitrogens is 2. The van der Waals surface area contributed by atoms with Crippen LogP contribution in [0.15, 0.2) is 24.3 Å². The first-order valence-electron chi connectivity index (χ1n) is 11.6. The highest BCUT2D eigenvalue weighted by molar-refractivity contribution is 5.54. The fourth-order valence-electron chi connectivity index (χ4n) is 4.87. The lowest BCUT2D eigenvalue weighted by atomic mass is 10.0. The molecular formula is C23H30N6O3. The Balaban J connectivity index is 1.42.